The summed E-state index contributed by atoms with van der Waals surface area (Å²) in [7, 11) is 0. The van der Waals surface area contributed by atoms with Gasteiger partial charge in [-0.1, -0.05) is 12.1 Å². The van der Waals surface area contributed by atoms with Gasteiger partial charge in [0.2, 0.25) is 0 Å². The van der Waals surface area contributed by atoms with Crippen LogP contribution < -0.4 is 5.32 Å². The zero-order valence-electron chi connectivity index (χ0n) is 10.1. The Bertz CT molecular complexity index is 374. The van der Waals surface area contributed by atoms with Crippen molar-refractivity contribution < 1.29 is 0 Å². The number of rotatable bonds is 4. The minimum atomic E-state index is 0.135. The Morgan fingerprint density at radius 1 is 1.38 bits per heavy atom. The molecule has 86 valence electrons. The number of hydrogen-bond donors (Lipinski definition) is 1. The molecular formula is C13H18N2S. The van der Waals surface area contributed by atoms with E-state index in [-0.39, 0.29) is 5.54 Å². The highest BCUT2D eigenvalue weighted by atomic mass is 32.2. The first kappa shape index (κ1) is 13.1. The molecule has 1 aromatic rings. The summed E-state index contributed by atoms with van der Waals surface area (Å²) in [4.78, 5) is 1.16. The van der Waals surface area contributed by atoms with Crippen molar-refractivity contribution in [3.8, 4) is 6.07 Å². The monoisotopic (exact) mass is 234 g/mol. The van der Waals surface area contributed by atoms with Crippen molar-refractivity contribution in [2.75, 3.05) is 5.75 Å². The normalized spacial score (nSPS) is 11.1. The molecule has 0 spiro atoms. The van der Waals surface area contributed by atoms with Gasteiger partial charge >= 0.3 is 0 Å². The Hall–Kier alpha value is -0.980. The third-order valence-electron chi connectivity index (χ3n) is 2.02. The van der Waals surface area contributed by atoms with Crippen molar-refractivity contribution in [3.05, 3.63) is 29.8 Å². The quantitative estimate of drug-likeness (QED) is 0.813. The predicted octanol–water partition coefficient (Wildman–Crippen LogP) is 3.19. The fraction of sp³-hybridized carbons (Fsp3) is 0.462. The summed E-state index contributed by atoms with van der Waals surface area (Å²) in [6.45, 7) is 7.33. The van der Waals surface area contributed by atoms with Gasteiger partial charge in [0.25, 0.3) is 0 Å². The van der Waals surface area contributed by atoms with Crippen LogP contribution in [0.5, 0.6) is 0 Å². The summed E-state index contributed by atoms with van der Waals surface area (Å²) in [6, 6.07) is 10.5. The molecule has 0 atom stereocenters. The molecule has 0 amide bonds. The number of thioether (sulfide) groups is 1. The molecular weight excluding hydrogens is 216 g/mol. The fourth-order valence-electron chi connectivity index (χ4n) is 1.23. The van der Waals surface area contributed by atoms with Gasteiger partial charge in [-0.2, -0.15) is 5.26 Å². The third-order valence-corrected chi connectivity index (χ3v) is 2.89. The molecule has 2 nitrogen and oxygen atoms in total. The second-order valence-corrected chi connectivity index (χ2v) is 5.75. The van der Waals surface area contributed by atoms with Gasteiger partial charge in [0.15, 0.2) is 0 Å². The SMILES string of the molecule is CC(C)(C)NCc1cccc(SCC#N)c1. The molecule has 0 aromatic heterocycles. The van der Waals surface area contributed by atoms with Crippen LogP contribution in [0, 0.1) is 11.3 Å². The smallest absolute Gasteiger partial charge is 0.0855 e. The molecule has 0 aliphatic heterocycles. The lowest BCUT2D eigenvalue weighted by atomic mass is 10.1. The number of benzene rings is 1. The number of nitriles is 1. The summed E-state index contributed by atoms with van der Waals surface area (Å²) in [5.74, 6) is 0.510. The summed E-state index contributed by atoms with van der Waals surface area (Å²) >= 11 is 1.58. The van der Waals surface area contributed by atoms with E-state index in [0.29, 0.717) is 5.75 Å². The van der Waals surface area contributed by atoms with E-state index in [1.54, 1.807) is 11.8 Å². The standard InChI is InChI=1S/C13H18N2S/c1-13(2,3)15-10-11-5-4-6-12(9-11)16-8-7-14/h4-6,9,15H,8,10H2,1-3H3. The predicted molar refractivity (Wildman–Crippen MR) is 69.4 cm³/mol. The first-order valence-corrected chi connectivity index (χ1v) is 6.33. The van der Waals surface area contributed by atoms with Crippen LogP contribution in [0.4, 0.5) is 0 Å². The molecule has 0 bridgehead atoms. The first-order chi connectivity index (χ1) is 7.51. The van der Waals surface area contributed by atoms with E-state index in [0.717, 1.165) is 11.4 Å². The van der Waals surface area contributed by atoms with Crippen molar-refractivity contribution in [1.29, 1.82) is 5.26 Å². The molecule has 1 rings (SSSR count). The molecule has 0 radical (unpaired) electrons. The lowest BCUT2D eigenvalue weighted by molar-refractivity contribution is 0.424. The Labute approximate surface area is 102 Å². The lowest BCUT2D eigenvalue weighted by Gasteiger charge is -2.20. The van der Waals surface area contributed by atoms with E-state index in [2.05, 4.69) is 44.3 Å². The molecule has 16 heavy (non-hydrogen) atoms. The average molecular weight is 234 g/mol. The minimum Gasteiger partial charge on any atom is -0.308 e. The molecule has 0 aliphatic carbocycles. The van der Waals surface area contributed by atoms with Crippen LogP contribution in [-0.4, -0.2) is 11.3 Å². The molecule has 0 saturated carbocycles. The van der Waals surface area contributed by atoms with E-state index >= 15 is 0 Å². The Morgan fingerprint density at radius 3 is 2.75 bits per heavy atom. The van der Waals surface area contributed by atoms with E-state index in [9.17, 15) is 0 Å². The highest BCUT2D eigenvalue weighted by Gasteiger charge is 2.08. The number of nitrogens with zero attached hydrogens (tertiary/aromatic N) is 1. The van der Waals surface area contributed by atoms with Gasteiger partial charge in [-0.25, -0.2) is 0 Å². The maximum Gasteiger partial charge on any atom is 0.0855 e. The maximum atomic E-state index is 8.52. The van der Waals surface area contributed by atoms with Crippen LogP contribution in [-0.2, 0) is 6.54 Å². The zero-order valence-corrected chi connectivity index (χ0v) is 10.9. The molecule has 0 saturated heterocycles. The molecule has 0 fully saturated rings. The largest absolute Gasteiger partial charge is 0.308 e. The summed E-state index contributed by atoms with van der Waals surface area (Å²) in [5.41, 5.74) is 1.40. The molecule has 3 heteroatoms. The van der Waals surface area contributed by atoms with E-state index in [4.69, 9.17) is 5.26 Å². The van der Waals surface area contributed by atoms with Gasteiger partial charge in [0, 0.05) is 17.0 Å². The van der Waals surface area contributed by atoms with Gasteiger partial charge in [0.05, 0.1) is 11.8 Å². The molecule has 1 N–H and O–H groups in total. The highest BCUT2D eigenvalue weighted by Crippen LogP contribution is 2.18. The van der Waals surface area contributed by atoms with Crippen LogP contribution in [0.3, 0.4) is 0 Å². The summed E-state index contributed by atoms with van der Waals surface area (Å²) < 4.78 is 0. The van der Waals surface area contributed by atoms with Crippen LogP contribution >= 0.6 is 11.8 Å². The summed E-state index contributed by atoms with van der Waals surface area (Å²) in [5, 5.41) is 12.0. The molecule has 0 heterocycles. The van der Waals surface area contributed by atoms with Crippen LogP contribution in [0.2, 0.25) is 0 Å². The van der Waals surface area contributed by atoms with Crippen molar-refractivity contribution in [1.82, 2.24) is 5.32 Å². The van der Waals surface area contributed by atoms with Crippen molar-refractivity contribution in [2.24, 2.45) is 0 Å². The van der Waals surface area contributed by atoms with Crippen molar-refractivity contribution in [3.63, 3.8) is 0 Å². The fourth-order valence-corrected chi connectivity index (χ4v) is 1.87. The number of nitrogens with one attached hydrogen (secondary N) is 1. The third kappa shape index (κ3) is 5.20. The van der Waals surface area contributed by atoms with Crippen LogP contribution in [0.1, 0.15) is 26.3 Å². The van der Waals surface area contributed by atoms with E-state index in [1.807, 2.05) is 12.1 Å². The Morgan fingerprint density at radius 2 is 2.12 bits per heavy atom. The second kappa shape index (κ2) is 5.93. The molecule has 0 unspecified atom stereocenters. The van der Waals surface area contributed by atoms with Crippen LogP contribution in [0.25, 0.3) is 0 Å². The van der Waals surface area contributed by atoms with Gasteiger partial charge in [-0.3, -0.25) is 0 Å². The number of hydrogen-bond acceptors (Lipinski definition) is 3. The van der Waals surface area contributed by atoms with E-state index in [1.165, 1.54) is 5.56 Å². The second-order valence-electron chi connectivity index (χ2n) is 4.70. The maximum absolute atomic E-state index is 8.52. The zero-order chi connectivity index (χ0) is 12.0. The van der Waals surface area contributed by atoms with Gasteiger partial charge < -0.3 is 5.32 Å². The van der Waals surface area contributed by atoms with Crippen molar-refractivity contribution in [2.45, 2.75) is 37.8 Å². The van der Waals surface area contributed by atoms with Gasteiger partial charge in [-0.15, -0.1) is 11.8 Å². The highest BCUT2D eigenvalue weighted by molar-refractivity contribution is 7.99. The van der Waals surface area contributed by atoms with Gasteiger partial charge in [0.1, 0.15) is 0 Å². The van der Waals surface area contributed by atoms with Gasteiger partial charge in [-0.05, 0) is 38.5 Å². The topological polar surface area (TPSA) is 35.8 Å². The molecule has 0 aliphatic rings. The molecule has 1 aromatic carbocycles. The lowest BCUT2D eigenvalue weighted by Crippen LogP contribution is -2.35. The first-order valence-electron chi connectivity index (χ1n) is 5.35. The van der Waals surface area contributed by atoms with Crippen molar-refractivity contribution >= 4 is 11.8 Å². The Balaban J connectivity index is 2.57. The summed E-state index contributed by atoms with van der Waals surface area (Å²) in [6.07, 6.45) is 0. The average Bonchev–Trinajstić information content (AvgIpc) is 2.23. The Kier molecular flexibility index (Phi) is 4.85. The minimum absolute atomic E-state index is 0.135. The van der Waals surface area contributed by atoms with E-state index < -0.39 is 0 Å². The van der Waals surface area contributed by atoms with Crippen LogP contribution in [0.15, 0.2) is 29.2 Å².